The number of amides is 1. The number of carboxylic acid groups (broad SMARTS) is 1. The van der Waals surface area contributed by atoms with E-state index < -0.39 is 24.3 Å². The molecule has 1 atom stereocenters. The van der Waals surface area contributed by atoms with E-state index in [1.165, 1.54) is 13.1 Å². The Bertz CT molecular complexity index is 560. The van der Waals surface area contributed by atoms with Gasteiger partial charge in [0.2, 0.25) is 5.91 Å². The molecule has 0 aliphatic heterocycles. The summed E-state index contributed by atoms with van der Waals surface area (Å²) in [6.45, 7) is 2.55. The molecule has 22 heavy (non-hydrogen) atoms. The van der Waals surface area contributed by atoms with Crippen LogP contribution in [-0.4, -0.2) is 45.6 Å². The smallest absolute Gasteiger partial charge is 0.325 e. The molecule has 1 amide bonds. The molecular weight excluding hydrogens is 304 g/mol. The van der Waals surface area contributed by atoms with Crippen LogP contribution in [0, 0.1) is 5.92 Å². The average molecular weight is 322 g/mol. The second kappa shape index (κ2) is 8.99. The topological polar surface area (TPSA) is 87.0 Å². The predicted octanol–water partition coefficient (Wildman–Crippen LogP) is 1.85. The summed E-state index contributed by atoms with van der Waals surface area (Å²) in [5.41, 5.74) is 0.761. The molecule has 1 aromatic rings. The van der Waals surface area contributed by atoms with Crippen molar-refractivity contribution in [2.45, 2.75) is 13.8 Å². The van der Waals surface area contributed by atoms with E-state index in [9.17, 15) is 14.4 Å². The molecule has 1 unspecified atom stereocenters. The van der Waals surface area contributed by atoms with Crippen molar-refractivity contribution in [3.8, 4) is 0 Å². The van der Waals surface area contributed by atoms with Crippen LogP contribution < -0.4 is 0 Å². The van der Waals surface area contributed by atoms with E-state index >= 15 is 0 Å². The fraction of sp³-hybridized carbons (Fsp3) is 0.333. The van der Waals surface area contributed by atoms with Crippen LogP contribution in [0.5, 0.6) is 0 Å². The van der Waals surface area contributed by atoms with Crippen molar-refractivity contribution < 1.29 is 19.5 Å². The third-order valence-electron chi connectivity index (χ3n) is 2.64. The van der Waals surface area contributed by atoms with E-state index in [0.717, 1.165) is 22.3 Å². The van der Waals surface area contributed by atoms with Gasteiger partial charge in [0.05, 0.1) is 6.21 Å². The summed E-state index contributed by atoms with van der Waals surface area (Å²) in [6, 6.07) is 9.07. The lowest BCUT2D eigenvalue weighted by Gasteiger charge is -2.18. The Kier molecular flexibility index (Phi) is 7.31. The maximum Gasteiger partial charge on any atom is 0.325 e. The van der Waals surface area contributed by atoms with Crippen LogP contribution in [0.3, 0.4) is 0 Å². The lowest BCUT2D eigenvalue weighted by molar-refractivity contribution is -0.145. The summed E-state index contributed by atoms with van der Waals surface area (Å²) in [7, 11) is 0. The third-order valence-corrected chi connectivity index (χ3v) is 3.72. The normalized spacial score (nSPS) is 12.1. The molecule has 0 spiro atoms. The van der Waals surface area contributed by atoms with Gasteiger partial charge in [0.1, 0.15) is 6.54 Å². The van der Waals surface area contributed by atoms with Crippen LogP contribution in [0.4, 0.5) is 0 Å². The Morgan fingerprint density at radius 3 is 2.50 bits per heavy atom. The third kappa shape index (κ3) is 6.53. The molecule has 0 heterocycles. The minimum atomic E-state index is -1.15. The van der Waals surface area contributed by atoms with Crippen LogP contribution in [0.2, 0.25) is 0 Å². The second-order valence-electron chi connectivity index (χ2n) is 4.65. The van der Waals surface area contributed by atoms with Crippen molar-refractivity contribution in [1.82, 2.24) is 5.01 Å². The summed E-state index contributed by atoms with van der Waals surface area (Å²) in [4.78, 5) is 34.1. The summed E-state index contributed by atoms with van der Waals surface area (Å²) < 4.78 is 0. The van der Waals surface area contributed by atoms with Crippen molar-refractivity contribution in [1.29, 1.82) is 0 Å². The number of carboxylic acids is 1. The number of rotatable bonds is 7. The number of thioether (sulfide) groups is 1. The van der Waals surface area contributed by atoms with E-state index in [1.54, 1.807) is 19.1 Å². The van der Waals surface area contributed by atoms with Gasteiger partial charge in [0.25, 0.3) is 0 Å². The number of hydrazone groups is 1. The Morgan fingerprint density at radius 2 is 1.95 bits per heavy atom. The molecule has 0 fully saturated rings. The zero-order valence-electron chi connectivity index (χ0n) is 12.4. The Hall–Kier alpha value is -2.15. The quantitative estimate of drug-likeness (QED) is 0.611. The van der Waals surface area contributed by atoms with Crippen LogP contribution in [0.1, 0.15) is 19.4 Å². The Balaban J connectivity index is 2.78. The minimum Gasteiger partial charge on any atom is -0.480 e. The van der Waals surface area contributed by atoms with Gasteiger partial charge in [0.15, 0.2) is 5.12 Å². The molecule has 0 aliphatic carbocycles. The number of hydrogen-bond acceptors (Lipinski definition) is 5. The second-order valence-corrected chi connectivity index (χ2v) is 5.85. The number of carbonyl (C=O) groups is 3. The molecule has 0 radical (unpaired) electrons. The fourth-order valence-electron chi connectivity index (χ4n) is 1.55. The van der Waals surface area contributed by atoms with E-state index in [4.69, 9.17) is 5.11 Å². The molecule has 7 heteroatoms. The molecule has 0 aliphatic rings. The van der Waals surface area contributed by atoms with Gasteiger partial charge in [0, 0.05) is 18.6 Å². The zero-order valence-corrected chi connectivity index (χ0v) is 13.2. The first-order valence-electron chi connectivity index (χ1n) is 6.65. The molecule has 1 aromatic carbocycles. The number of aliphatic carboxylic acids is 1. The Morgan fingerprint density at radius 1 is 1.32 bits per heavy atom. The van der Waals surface area contributed by atoms with Crippen LogP contribution in [0.25, 0.3) is 0 Å². The summed E-state index contributed by atoms with van der Waals surface area (Å²) in [5, 5.41) is 13.7. The average Bonchev–Trinajstić information content (AvgIpc) is 2.49. The van der Waals surface area contributed by atoms with Gasteiger partial charge < -0.3 is 5.11 Å². The summed E-state index contributed by atoms with van der Waals surface area (Å²) >= 11 is 1.03. The number of nitrogens with zero attached hydrogens (tertiary/aromatic N) is 2. The van der Waals surface area contributed by atoms with Crippen molar-refractivity contribution in [3.05, 3.63) is 35.9 Å². The number of carbonyl (C=O) groups excluding carboxylic acids is 2. The summed E-state index contributed by atoms with van der Waals surface area (Å²) in [5.74, 6) is -1.78. The van der Waals surface area contributed by atoms with E-state index in [2.05, 4.69) is 5.10 Å². The monoisotopic (exact) mass is 322 g/mol. The minimum absolute atomic E-state index is 0.0859. The molecule has 118 valence electrons. The molecule has 0 aromatic heterocycles. The lowest BCUT2D eigenvalue weighted by Crippen LogP contribution is -2.36. The largest absolute Gasteiger partial charge is 0.480 e. The molecule has 1 N–H and O–H groups in total. The highest BCUT2D eigenvalue weighted by molar-refractivity contribution is 8.13. The highest BCUT2D eigenvalue weighted by Crippen LogP contribution is 2.12. The fourth-order valence-corrected chi connectivity index (χ4v) is 2.17. The van der Waals surface area contributed by atoms with Gasteiger partial charge in [-0.2, -0.15) is 5.10 Å². The van der Waals surface area contributed by atoms with Crippen molar-refractivity contribution in [2.75, 3.05) is 12.3 Å². The first kappa shape index (κ1) is 17.9. The summed E-state index contributed by atoms with van der Waals surface area (Å²) in [6.07, 6.45) is 1.44. The van der Waals surface area contributed by atoms with E-state index in [0.29, 0.717) is 5.75 Å². The van der Waals surface area contributed by atoms with Crippen molar-refractivity contribution in [3.63, 3.8) is 0 Å². The van der Waals surface area contributed by atoms with Crippen molar-refractivity contribution >= 4 is 35.0 Å². The van der Waals surface area contributed by atoms with Gasteiger partial charge in [-0.3, -0.25) is 14.4 Å². The predicted molar refractivity (Wildman–Crippen MR) is 85.7 cm³/mol. The maximum absolute atomic E-state index is 12.2. The van der Waals surface area contributed by atoms with Crippen LogP contribution in [0.15, 0.2) is 35.4 Å². The molecule has 0 saturated carbocycles. The molecule has 1 rings (SSSR count). The van der Waals surface area contributed by atoms with Gasteiger partial charge in [-0.15, -0.1) is 0 Å². The molecule has 6 nitrogen and oxygen atoms in total. The molecule has 0 saturated heterocycles. The Labute approximate surface area is 133 Å². The van der Waals surface area contributed by atoms with Gasteiger partial charge in [-0.05, 0) is 5.56 Å². The van der Waals surface area contributed by atoms with Gasteiger partial charge in [-0.1, -0.05) is 49.0 Å². The zero-order chi connectivity index (χ0) is 16.5. The number of benzene rings is 1. The SMILES string of the molecule is CC(=O)SCC(C)C(=O)N(CC(=O)O)N=Cc1ccccc1. The lowest BCUT2D eigenvalue weighted by atomic mass is 10.2. The van der Waals surface area contributed by atoms with Gasteiger partial charge in [-0.25, -0.2) is 5.01 Å². The van der Waals surface area contributed by atoms with Crippen LogP contribution in [-0.2, 0) is 14.4 Å². The van der Waals surface area contributed by atoms with E-state index in [1.807, 2.05) is 18.2 Å². The highest BCUT2D eigenvalue weighted by Gasteiger charge is 2.22. The molecule has 0 bridgehead atoms. The van der Waals surface area contributed by atoms with E-state index in [-0.39, 0.29) is 5.12 Å². The van der Waals surface area contributed by atoms with Crippen LogP contribution >= 0.6 is 11.8 Å². The van der Waals surface area contributed by atoms with Gasteiger partial charge >= 0.3 is 5.97 Å². The number of hydrogen-bond donors (Lipinski definition) is 1. The first-order chi connectivity index (χ1) is 10.4. The first-order valence-corrected chi connectivity index (χ1v) is 7.64. The maximum atomic E-state index is 12.2. The molecular formula is C15H18N2O4S. The highest BCUT2D eigenvalue weighted by atomic mass is 32.2. The standard InChI is InChI=1S/C15H18N2O4S/c1-11(10-22-12(2)18)15(21)17(9-14(19)20)16-8-13-6-4-3-5-7-13/h3-8,11H,9-10H2,1-2H3,(H,19,20). The van der Waals surface area contributed by atoms with Crippen molar-refractivity contribution in [2.24, 2.45) is 11.0 Å².